The summed E-state index contributed by atoms with van der Waals surface area (Å²) < 4.78 is 24.8. The molecular formula is C21H23N5O3S. The van der Waals surface area contributed by atoms with Crippen LogP contribution in [0, 0.1) is 5.92 Å². The highest BCUT2D eigenvalue weighted by molar-refractivity contribution is 7.91. The number of anilines is 1. The fraction of sp³-hybridized carbons (Fsp3) is 0.381. The van der Waals surface area contributed by atoms with Crippen molar-refractivity contribution in [3.05, 3.63) is 48.0 Å². The fourth-order valence-electron chi connectivity index (χ4n) is 3.70. The van der Waals surface area contributed by atoms with E-state index in [2.05, 4.69) is 32.4 Å². The van der Waals surface area contributed by atoms with E-state index in [4.69, 9.17) is 0 Å². The molecule has 0 bridgehead atoms. The van der Waals surface area contributed by atoms with Crippen molar-refractivity contribution in [2.75, 3.05) is 24.7 Å². The summed E-state index contributed by atoms with van der Waals surface area (Å²) in [7, 11) is -2.95. The minimum absolute atomic E-state index is 0.0130. The van der Waals surface area contributed by atoms with E-state index in [0.717, 1.165) is 36.2 Å². The van der Waals surface area contributed by atoms with E-state index >= 15 is 0 Å². The van der Waals surface area contributed by atoms with Gasteiger partial charge in [-0.2, -0.15) is 4.98 Å². The third-order valence-electron chi connectivity index (χ3n) is 5.73. The Labute approximate surface area is 174 Å². The summed E-state index contributed by atoms with van der Waals surface area (Å²) in [6.45, 7) is 1.92. The number of nitrogens with one attached hydrogen (secondary N) is 1. The number of likely N-dealkylation sites (tertiary alicyclic amines) is 1. The van der Waals surface area contributed by atoms with Gasteiger partial charge >= 0.3 is 0 Å². The molecule has 30 heavy (non-hydrogen) atoms. The largest absolute Gasteiger partial charge is 0.296 e. The molecule has 8 nitrogen and oxygen atoms in total. The van der Waals surface area contributed by atoms with Crippen molar-refractivity contribution < 1.29 is 13.2 Å². The molecule has 1 amide bonds. The molecule has 1 saturated carbocycles. The topological polar surface area (TPSA) is 96.7 Å². The Morgan fingerprint density at radius 1 is 1.13 bits per heavy atom. The average molecular weight is 426 g/mol. The average Bonchev–Trinajstić information content (AvgIpc) is 3.44. The van der Waals surface area contributed by atoms with E-state index in [1.807, 2.05) is 30.3 Å². The number of rotatable bonds is 6. The maximum atomic E-state index is 12.0. The van der Waals surface area contributed by atoms with Gasteiger partial charge in [-0.15, -0.1) is 5.10 Å². The molecule has 1 saturated heterocycles. The van der Waals surface area contributed by atoms with Gasteiger partial charge in [-0.1, -0.05) is 30.3 Å². The second-order valence-corrected chi connectivity index (χ2v) is 10.5. The highest BCUT2D eigenvalue weighted by Gasteiger charge is 2.34. The number of hydrogen-bond acceptors (Lipinski definition) is 6. The van der Waals surface area contributed by atoms with Crippen LogP contribution >= 0.6 is 0 Å². The van der Waals surface area contributed by atoms with Crippen LogP contribution in [0.15, 0.2) is 42.5 Å². The van der Waals surface area contributed by atoms with Gasteiger partial charge in [0.25, 0.3) is 0 Å². The normalized spacial score (nSPS) is 17.8. The first kappa shape index (κ1) is 19.2. The van der Waals surface area contributed by atoms with Crippen molar-refractivity contribution in [2.24, 2.45) is 5.92 Å². The van der Waals surface area contributed by atoms with Crippen LogP contribution in [0.3, 0.4) is 0 Å². The van der Waals surface area contributed by atoms with Gasteiger partial charge in [0.2, 0.25) is 11.9 Å². The van der Waals surface area contributed by atoms with Crippen LogP contribution in [0.2, 0.25) is 0 Å². The molecule has 1 aliphatic carbocycles. The molecule has 1 N–H and O–H groups in total. The quantitative estimate of drug-likeness (QED) is 0.649. The Balaban J connectivity index is 1.31. The highest BCUT2D eigenvalue weighted by atomic mass is 32.2. The Morgan fingerprint density at radius 2 is 1.87 bits per heavy atom. The third-order valence-corrected chi connectivity index (χ3v) is 7.24. The zero-order valence-corrected chi connectivity index (χ0v) is 17.5. The van der Waals surface area contributed by atoms with Crippen molar-refractivity contribution in [3.63, 3.8) is 0 Å². The molecule has 1 aromatic carbocycles. The minimum Gasteiger partial charge on any atom is -0.296 e. The van der Waals surface area contributed by atoms with E-state index in [9.17, 15) is 13.2 Å². The van der Waals surface area contributed by atoms with Crippen LogP contribution in [0.5, 0.6) is 0 Å². The van der Waals surface area contributed by atoms with E-state index in [1.54, 1.807) is 4.52 Å². The lowest BCUT2D eigenvalue weighted by atomic mass is 10.1. The second kappa shape index (κ2) is 7.17. The molecule has 0 unspecified atom stereocenters. The third kappa shape index (κ3) is 3.82. The number of benzene rings is 1. The maximum absolute atomic E-state index is 12.0. The summed E-state index contributed by atoms with van der Waals surface area (Å²) in [5.41, 5.74) is 3.69. The van der Waals surface area contributed by atoms with Gasteiger partial charge in [-0.3, -0.25) is 15.0 Å². The van der Waals surface area contributed by atoms with Crippen LogP contribution in [0.1, 0.15) is 18.4 Å². The first-order chi connectivity index (χ1) is 14.4. The van der Waals surface area contributed by atoms with E-state index < -0.39 is 9.84 Å². The summed E-state index contributed by atoms with van der Waals surface area (Å²) in [6.07, 6.45) is 3.17. The van der Waals surface area contributed by atoms with Crippen LogP contribution in [-0.4, -0.2) is 58.4 Å². The van der Waals surface area contributed by atoms with Crippen LogP contribution in [0.25, 0.3) is 16.9 Å². The second-order valence-electron chi connectivity index (χ2n) is 8.22. The molecule has 2 fully saturated rings. The van der Waals surface area contributed by atoms with Crippen molar-refractivity contribution >= 4 is 27.3 Å². The Hall–Kier alpha value is -2.78. The Kier molecular flexibility index (Phi) is 4.59. The van der Waals surface area contributed by atoms with Crippen molar-refractivity contribution in [1.29, 1.82) is 0 Å². The zero-order valence-electron chi connectivity index (χ0n) is 16.7. The summed E-state index contributed by atoms with van der Waals surface area (Å²) in [6, 6.07) is 13.9. The lowest BCUT2D eigenvalue weighted by Crippen LogP contribution is -2.53. The number of fused-ring (bicyclic) bond motifs is 1. The molecule has 0 spiro atoms. The van der Waals surface area contributed by atoms with Gasteiger partial charge in [-0.05, 0) is 30.5 Å². The van der Waals surface area contributed by atoms with Gasteiger partial charge in [0.1, 0.15) is 0 Å². The number of nitrogens with zero attached hydrogens (tertiary/aromatic N) is 4. The molecule has 2 aliphatic rings. The lowest BCUT2D eigenvalue weighted by molar-refractivity contribution is -0.117. The fourth-order valence-corrected chi connectivity index (χ4v) is 4.66. The SMILES string of the molecule is CS(=O)(=O)C1CN(Cc2ccc(-c3cccc4nc(NC(=O)C5CC5)nn34)cc2)C1. The molecule has 3 aromatic rings. The van der Waals surface area contributed by atoms with Crippen molar-refractivity contribution in [3.8, 4) is 11.3 Å². The molecule has 5 rings (SSSR count). The van der Waals surface area contributed by atoms with Crippen LogP contribution in [0.4, 0.5) is 5.95 Å². The molecule has 3 heterocycles. The first-order valence-electron chi connectivity index (χ1n) is 10.0. The Bertz CT molecular complexity index is 1210. The molecule has 2 aromatic heterocycles. The van der Waals surface area contributed by atoms with Crippen molar-refractivity contribution in [2.45, 2.75) is 24.6 Å². The maximum Gasteiger partial charge on any atom is 0.249 e. The smallest absolute Gasteiger partial charge is 0.249 e. The number of amides is 1. The summed E-state index contributed by atoms with van der Waals surface area (Å²) in [4.78, 5) is 18.5. The molecule has 156 valence electrons. The molecule has 0 atom stereocenters. The molecule has 9 heteroatoms. The van der Waals surface area contributed by atoms with Gasteiger partial charge < -0.3 is 0 Å². The summed E-state index contributed by atoms with van der Waals surface area (Å²) >= 11 is 0. The predicted octanol–water partition coefficient (Wildman–Crippen LogP) is 1.97. The Morgan fingerprint density at radius 3 is 2.53 bits per heavy atom. The van der Waals surface area contributed by atoms with E-state index in [-0.39, 0.29) is 17.1 Å². The number of hydrogen-bond donors (Lipinski definition) is 1. The number of sulfone groups is 1. The molecule has 0 radical (unpaired) electrons. The van der Waals surface area contributed by atoms with Gasteiger partial charge in [0, 0.05) is 37.4 Å². The van der Waals surface area contributed by atoms with E-state index in [1.165, 1.54) is 6.26 Å². The molecule has 1 aliphatic heterocycles. The monoisotopic (exact) mass is 425 g/mol. The van der Waals surface area contributed by atoms with Gasteiger partial charge in [-0.25, -0.2) is 12.9 Å². The van der Waals surface area contributed by atoms with Crippen LogP contribution in [-0.2, 0) is 21.2 Å². The predicted molar refractivity (Wildman–Crippen MR) is 114 cm³/mol. The van der Waals surface area contributed by atoms with Gasteiger partial charge in [0.05, 0.1) is 10.9 Å². The number of carbonyl (C=O) groups is 1. The standard InChI is InChI=1S/C21H23N5O3S/c1-30(28,29)17-12-25(13-17)11-14-5-7-15(8-6-14)18-3-2-4-19-22-21(24-26(18)19)23-20(27)16-9-10-16/h2-8,16-17H,9-13H2,1H3,(H,23,24,27). The number of carbonyl (C=O) groups excluding carboxylic acids is 1. The van der Waals surface area contributed by atoms with E-state index in [0.29, 0.717) is 24.7 Å². The highest BCUT2D eigenvalue weighted by Crippen LogP contribution is 2.30. The van der Waals surface area contributed by atoms with Crippen LogP contribution < -0.4 is 5.32 Å². The lowest BCUT2D eigenvalue weighted by Gasteiger charge is -2.37. The summed E-state index contributed by atoms with van der Waals surface area (Å²) in [5, 5.41) is 7.03. The zero-order chi connectivity index (χ0) is 20.9. The minimum atomic E-state index is -2.95. The van der Waals surface area contributed by atoms with Crippen molar-refractivity contribution in [1.82, 2.24) is 19.5 Å². The molecular weight excluding hydrogens is 402 g/mol. The van der Waals surface area contributed by atoms with Gasteiger partial charge in [0.15, 0.2) is 15.5 Å². The summed E-state index contributed by atoms with van der Waals surface area (Å²) in [5.74, 6) is 0.415. The number of pyridine rings is 1. The first-order valence-corrected chi connectivity index (χ1v) is 12.0. The number of aromatic nitrogens is 3.